The highest BCUT2D eigenvalue weighted by Crippen LogP contribution is 2.34. The summed E-state index contributed by atoms with van der Waals surface area (Å²) in [5, 5.41) is 0.828. The molecule has 0 spiro atoms. The molecule has 5 rings (SSSR count). The number of anilines is 1. The molecular formula is C27H28N6O2. The van der Waals surface area contributed by atoms with Gasteiger partial charge in [-0.05, 0) is 43.7 Å². The number of aromatic nitrogens is 4. The average molecular weight is 469 g/mol. The number of methoxy groups -OCH3 is 1. The molecular weight excluding hydrogens is 440 g/mol. The summed E-state index contributed by atoms with van der Waals surface area (Å²) >= 11 is 0. The highest BCUT2D eigenvalue weighted by molar-refractivity contribution is 5.95. The minimum atomic E-state index is -0.0898. The van der Waals surface area contributed by atoms with Gasteiger partial charge < -0.3 is 24.5 Å². The zero-order valence-electron chi connectivity index (χ0n) is 20.2. The third kappa shape index (κ3) is 3.94. The molecule has 1 amide bonds. The molecule has 2 N–H and O–H groups in total. The van der Waals surface area contributed by atoms with E-state index in [0.29, 0.717) is 19.0 Å². The van der Waals surface area contributed by atoms with Crippen molar-refractivity contribution < 1.29 is 9.53 Å². The molecule has 1 aromatic carbocycles. The van der Waals surface area contributed by atoms with Crippen LogP contribution in [0.1, 0.15) is 29.4 Å². The molecule has 0 unspecified atom stereocenters. The first-order valence-corrected chi connectivity index (χ1v) is 11.5. The number of rotatable bonds is 4. The summed E-state index contributed by atoms with van der Waals surface area (Å²) in [6.45, 7) is 6.68. The number of ether oxygens (including phenoxy) is 1. The van der Waals surface area contributed by atoms with Gasteiger partial charge in [0, 0.05) is 38.7 Å². The predicted octanol–water partition coefficient (Wildman–Crippen LogP) is 3.19. The molecule has 0 aliphatic carbocycles. The van der Waals surface area contributed by atoms with Crippen molar-refractivity contribution in [2.45, 2.75) is 25.4 Å². The first-order valence-electron chi connectivity index (χ1n) is 11.5. The van der Waals surface area contributed by atoms with Crippen LogP contribution in [-0.2, 0) is 16.6 Å². The Morgan fingerprint density at radius 2 is 2.14 bits per heavy atom. The second-order valence-corrected chi connectivity index (χ2v) is 8.91. The van der Waals surface area contributed by atoms with Crippen LogP contribution in [0.25, 0.3) is 21.9 Å². The maximum atomic E-state index is 12.5. The van der Waals surface area contributed by atoms with Gasteiger partial charge in [0.2, 0.25) is 5.91 Å². The number of hydrogen-bond donors (Lipinski definition) is 1. The van der Waals surface area contributed by atoms with Crippen LogP contribution in [0.4, 0.5) is 5.82 Å². The zero-order valence-corrected chi connectivity index (χ0v) is 20.2. The topological polar surface area (TPSA) is 91.2 Å². The molecule has 1 saturated heterocycles. The molecule has 1 fully saturated rings. The van der Waals surface area contributed by atoms with E-state index in [0.717, 1.165) is 45.3 Å². The summed E-state index contributed by atoms with van der Waals surface area (Å²) in [6, 6.07) is 8.01. The van der Waals surface area contributed by atoms with E-state index in [-0.39, 0.29) is 18.0 Å². The van der Waals surface area contributed by atoms with E-state index in [1.807, 2.05) is 49.3 Å². The minimum absolute atomic E-state index is 0.0178. The third-order valence-corrected chi connectivity index (χ3v) is 6.82. The number of likely N-dealkylation sites (tertiary alicyclic amines) is 1. The molecule has 4 heterocycles. The number of hydrogen-bond acceptors (Lipinski definition) is 5. The Bertz CT molecular complexity index is 1520. The molecule has 0 saturated carbocycles. The molecule has 1 aliphatic rings. The first-order chi connectivity index (χ1) is 16.9. The highest BCUT2D eigenvalue weighted by Gasteiger charge is 2.35. The van der Waals surface area contributed by atoms with Crippen LogP contribution in [-0.4, -0.2) is 56.2 Å². The SMILES string of the molecule is C=CC(=O)N1C[C@@H](n2cc(C#Cc3ccc4nc(C)n(C)c4c3)c3c(N)nccc32)C[C@@H]1COC. The Labute approximate surface area is 204 Å². The summed E-state index contributed by atoms with van der Waals surface area (Å²) in [7, 11) is 3.65. The van der Waals surface area contributed by atoms with Gasteiger partial charge in [0.15, 0.2) is 0 Å². The van der Waals surface area contributed by atoms with Crippen molar-refractivity contribution in [1.29, 1.82) is 0 Å². The molecule has 4 aromatic rings. The molecule has 1 aliphatic heterocycles. The van der Waals surface area contributed by atoms with E-state index in [9.17, 15) is 4.79 Å². The summed E-state index contributed by atoms with van der Waals surface area (Å²) in [5.41, 5.74) is 11.0. The number of aryl methyl sites for hydroxylation is 2. The monoisotopic (exact) mass is 468 g/mol. The molecule has 2 atom stereocenters. The van der Waals surface area contributed by atoms with E-state index >= 15 is 0 Å². The van der Waals surface area contributed by atoms with E-state index in [4.69, 9.17) is 10.5 Å². The molecule has 0 bridgehead atoms. The zero-order chi connectivity index (χ0) is 24.7. The molecule has 8 heteroatoms. The maximum absolute atomic E-state index is 12.5. The molecule has 35 heavy (non-hydrogen) atoms. The maximum Gasteiger partial charge on any atom is 0.246 e. The van der Waals surface area contributed by atoms with Crippen molar-refractivity contribution in [2.75, 3.05) is 26.0 Å². The van der Waals surface area contributed by atoms with Gasteiger partial charge in [-0.2, -0.15) is 0 Å². The number of benzene rings is 1. The number of pyridine rings is 1. The lowest BCUT2D eigenvalue weighted by Crippen LogP contribution is -2.37. The number of nitrogens with two attached hydrogens (primary N) is 1. The van der Waals surface area contributed by atoms with E-state index in [2.05, 4.69) is 37.5 Å². The Kier molecular flexibility index (Phi) is 5.79. The smallest absolute Gasteiger partial charge is 0.246 e. The average Bonchev–Trinajstić information content (AvgIpc) is 3.52. The van der Waals surface area contributed by atoms with Crippen molar-refractivity contribution in [1.82, 2.24) is 24.0 Å². The summed E-state index contributed by atoms with van der Waals surface area (Å²) in [5.74, 6) is 7.92. The van der Waals surface area contributed by atoms with Gasteiger partial charge >= 0.3 is 0 Å². The van der Waals surface area contributed by atoms with Crippen LogP contribution in [0.2, 0.25) is 0 Å². The van der Waals surface area contributed by atoms with Crippen LogP contribution in [0.3, 0.4) is 0 Å². The van der Waals surface area contributed by atoms with Crippen molar-refractivity contribution in [3.63, 3.8) is 0 Å². The predicted molar refractivity (Wildman–Crippen MR) is 137 cm³/mol. The first kappa shape index (κ1) is 22.7. The second kappa shape index (κ2) is 8.93. The van der Waals surface area contributed by atoms with Crippen LogP contribution >= 0.6 is 0 Å². The molecule has 178 valence electrons. The van der Waals surface area contributed by atoms with Gasteiger partial charge in [-0.1, -0.05) is 18.4 Å². The number of amides is 1. The van der Waals surface area contributed by atoms with Crippen LogP contribution in [0.5, 0.6) is 0 Å². The Morgan fingerprint density at radius 1 is 1.31 bits per heavy atom. The fourth-order valence-corrected chi connectivity index (χ4v) is 4.99. The van der Waals surface area contributed by atoms with Crippen LogP contribution in [0.15, 0.2) is 49.3 Å². The van der Waals surface area contributed by atoms with E-state index < -0.39 is 0 Å². The van der Waals surface area contributed by atoms with E-state index in [1.54, 1.807) is 13.3 Å². The largest absolute Gasteiger partial charge is 0.383 e. The normalized spacial score (nSPS) is 17.6. The quantitative estimate of drug-likeness (QED) is 0.367. The standard InChI is InChI=1S/C27H28N6O2/c1-5-25(34)33-15-20(13-21(33)16-35-4)32-14-19(26-23(32)10-11-29-27(26)28)8-6-18-7-9-22-24(12-18)31(3)17(2)30-22/h5,7,9-12,14,20-21H,1,13,15-16H2,2-4H3,(H2,28,29)/t20-,21+/m0/s1. The number of fused-ring (bicyclic) bond motifs is 2. The number of nitrogen functional groups attached to an aromatic ring is 1. The molecule has 0 radical (unpaired) electrons. The highest BCUT2D eigenvalue weighted by atomic mass is 16.5. The Morgan fingerprint density at radius 3 is 2.91 bits per heavy atom. The Hall–Kier alpha value is -4.09. The number of carbonyl (C=O) groups excluding carboxylic acids is 1. The van der Waals surface area contributed by atoms with Crippen molar-refractivity contribution in [3.8, 4) is 11.8 Å². The van der Waals surface area contributed by atoms with Gasteiger partial charge in [-0.25, -0.2) is 9.97 Å². The van der Waals surface area contributed by atoms with Crippen molar-refractivity contribution >= 4 is 33.7 Å². The van der Waals surface area contributed by atoms with Gasteiger partial charge in [0.05, 0.1) is 46.2 Å². The lowest BCUT2D eigenvalue weighted by atomic mass is 10.1. The number of imidazole rings is 1. The third-order valence-electron chi connectivity index (χ3n) is 6.82. The summed E-state index contributed by atoms with van der Waals surface area (Å²) in [6.07, 6.45) is 5.86. The molecule has 3 aromatic heterocycles. The minimum Gasteiger partial charge on any atom is -0.383 e. The van der Waals surface area contributed by atoms with Crippen molar-refractivity contribution in [2.24, 2.45) is 7.05 Å². The van der Waals surface area contributed by atoms with Gasteiger partial charge in [-0.15, -0.1) is 0 Å². The molecule has 8 nitrogen and oxygen atoms in total. The number of nitrogens with zero attached hydrogens (tertiary/aromatic N) is 5. The summed E-state index contributed by atoms with van der Waals surface area (Å²) in [4.78, 5) is 23.2. The fraction of sp³-hybridized carbons (Fsp3) is 0.296. The lowest BCUT2D eigenvalue weighted by molar-refractivity contribution is -0.127. The fourth-order valence-electron chi connectivity index (χ4n) is 4.99. The van der Waals surface area contributed by atoms with E-state index in [1.165, 1.54) is 6.08 Å². The van der Waals surface area contributed by atoms with Gasteiger partial charge in [0.1, 0.15) is 11.6 Å². The summed E-state index contributed by atoms with van der Waals surface area (Å²) < 4.78 is 9.61. The van der Waals surface area contributed by atoms with Gasteiger partial charge in [-0.3, -0.25) is 4.79 Å². The number of carbonyl (C=O) groups is 1. The second-order valence-electron chi connectivity index (χ2n) is 8.91. The van der Waals surface area contributed by atoms with Crippen molar-refractivity contribution in [3.05, 3.63) is 66.3 Å². The van der Waals surface area contributed by atoms with Crippen LogP contribution in [0, 0.1) is 18.8 Å². The van der Waals surface area contributed by atoms with Crippen LogP contribution < -0.4 is 5.73 Å². The lowest BCUT2D eigenvalue weighted by Gasteiger charge is -2.22. The Balaban J connectivity index is 1.55. The van der Waals surface area contributed by atoms with Gasteiger partial charge in [0.25, 0.3) is 0 Å².